The third-order valence-corrected chi connectivity index (χ3v) is 5.29. The minimum atomic E-state index is -3.38. The molecule has 6 heteroatoms. The summed E-state index contributed by atoms with van der Waals surface area (Å²) in [5.74, 6) is -0.231. The monoisotopic (exact) mass is 325 g/mol. The number of hydrogen-bond acceptors (Lipinski definition) is 4. The Morgan fingerprint density at radius 3 is 2.50 bits per heavy atom. The molecule has 0 spiro atoms. The van der Waals surface area contributed by atoms with Gasteiger partial charge in [0.25, 0.3) is 0 Å². The van der Waals surface area contributed by atoms with Crippen LogP contribution < -0.4 is 0 Å². The van der Waals surface area contributed by atoms with Crippen molar-refractivity contribution < 1.29 is 17.9 Å². The van der Waals surface area contributed by atoms with Gasteiger partial charge < -0.3 is 4.74 Å². The van der Waals surface area contributed by atoms with E-state index in [0.29, 0.717) is 30.7 Å². The second kappa shape index (κ2) is 6.38. The summed E-state index contributed by atoms with van der Waals surface area (Å²) >= 11 is 0. The highest BCUT2D eigenvalue weighted by Gasteiger charge is 2.43. The first-order valence-corrected chi connectivity index (χ1v) is 8.93. The molecule has 122 valence electrons. The van der Waals surface area contributed by atoms with Crippen LogP contribution in [0.1, 0.15) is 40.0 Å². The van der Waals surface area contributed by atoms with Gasteiger partial charge in [0.15, 0.2) is 0 Å². The van der Waals surface area contributed by atoms with Gasteiger partial charge in [-0.1, -0.05) is 18.2 Å². The molecule has 0 saturated carbocycles. The number of benzene rings is 1. The zero-order valence-electron chi connectivity index (χ0n) is 13.3. The molecule has 22 heavy (non-hydrogen) atoms. The van der Waals surface area contributed by atoms with Gasteiger partial charge in [0.05, 0.1) is 4.90 Å². The Hall–Kier alpha value is -1.40. The lowest BCUT2D eigenvalue weighted by Gasteiger charge is -2.19. The van der Waals surface area contributed by atoms with Crippen molar-refractivity contribution in [2.24, 2.45) is 0 Å². The first-order valence-electron chi connectivity index (χ1n) is 7.49. The summed E-state index contributed by atoms with van der Waals surface area (Å²) in [6.45, 7) is 6.03. The first-order chi connectivity index (χ1) is 10.2. The highest BCUT2D eigenvalue weighted by atomic mass is 32.2. The molecule has 1 saturated heterocycles. The molecule has 0 N–H and O–H groups in total. The lowest BCUT2D eigenvalue weighted by atomic mass is 10.1. The number of rotatable bonds is 6. The van der Waals surface area contributed by atoms with Crippen LogP contribution >= 0.6 is 0 Å². The van der Waals surface area contributed by atoms with Crippen molar-refractivity contribution in [3.63, 3.8) is 0 Å². The van der Waals surface area contributed by atoms with Crippen LogP contribution in [0.5, 0.6) is 0 Å². The molecular weight excluding hydrogens is 302 g/mol. The average molecular weight is 325 g/mol. The molecule has 5 nitrogen and oxygen atoms in total. The maximum Gasteiger partial charge on any atom is 0.306 e. The molecule has 1 heterocycles. The van der Waals surface area contributed by atoms with Gasteiger partial charge in [-0.05, 0) is 45.7 Å². The van der Waals surface area contributed by atoms with Gasteiger partial charge in [0.2, 0.25) is 10.0 Å². The maximum absolute atomic E-state index is 12.3. The summed E-state index contributed by atoms with van der Waals surface area (Å²) in [4.78, 5) is 11.9. The average Bonchev–Trinajstić information content (AvgIpc) is 3.18. The van der Waals surface area contributed by atoms with E-state index in [4.69, 9.17) is 4.74 Å². The van der Waals surface area contributed by atoms with Gasteiger partial charge in [-0.3, -0.25) is 4.79 Å². The normalized spacial score (nSPS) is 21.4. The fourth-order valence-corrected chi connectivity index (χ4v) is 3.93. The number of sulfonamides is 1. The van der Waals surface area contributed by atoms with Crippen LogP contribution in [-0.2, 0) is 19.6 Å². The SMILES string of the molecule is CC(C)(C)OC(=O)CCC[C@H]1CN1S(=O)(=O)c1ccccc1. The topological polar surface area (TPSA) is 63.5 Å². The Morgan fingerprint density at radius 2 is 1.91 bits per heavy atom. The van der Waals surface area contributed by atoms with E-state index < -0.39 is 15.6 Å². The van der Waals surface area contributed by atoms with Gasteiger partial charge in [0, 0.05) is 19.0 Å². The van der Waals surface area contributed by atoms with Crippen LogP contribution in [0, 0.1) is 0 Å². The van der Waals surface area contributed by atoms with Crippen LogP contribution in [0.4, 0.5) is 0 Å². The quantitative estimate of drug-likeness (QED) is 0.596. The fourth-order valence-electron chi connectivity index (χ4n) is 2.29. The van der Waals surface area contributed by atoms with Gasteiger partial charge in [-0.25, -0.2) is 8.42 Å². The number of hydrogen-bond donors (Lipinski definition) is 0. The number of esters is 1. The lowest BCUT2D eigenvalue weighted by Crippen LogP contribution is -2.23. The van der Waals surface area contributed by atoms with E-state index >= 15 is 0 Å². The highest BCUT2D eigenvalue weighted by Crippen LogP contribution is 2.31. The van der Waals surface area contributed by atoms with E-state index in [9.17, 15) is 13.2 Å². The van der Waals surface area contributed by atoms with Crippen LogP contribution in [-0.4, -0.2) is 36.9 Å². The zero-order valence-corrected chi connectivity index (χ0v) is 14.1. The predicted molar refractivity (Wildman–Crippen MR) is 83.8 cm³/mol. The summed E-state index contributed by atoms with van der Waals surface area (Å²) in [5.41, 5.74) is -0.473. The largest absolute Gasteiger partial charge is 0.460 e. The van der Waals surface area contributed by atoms with Crippen LogP contribution in [0.2, 0.25) is 0 Å². The summed E-state index contributed by atoms with van der Waals surface area (Å²) in [6, 6.07) is 8.44. The zero-order chi connectivity index (χ0) is 16.4. The van der Waals surface area contributed by atoms with Gasteiger partial charge in [-0.15, -0.1) is 0 Å². The molecule has 0 bridgehead atoms. The Kier molecular flexibility index (Phi) is 4.92. The molecule has 2 atom stereocenters. The van der Waals surface area contributed by atoms with Crippen molar-refractivity contribution in [2.75, 3.05) is 6.54 Å². The summed E-state index contributed by atoms with van der Waals surface area (Å²) in [7, 11) is -3.38. The summed E-state index contributed by atoms with van der Waals surface area (Å²) < 4.78 is 31.4. The highest BCUT2D eigenvalue weighted by molar-refractivity contribution is 7.89. The third kappa shape index (κ3) is 4.55. The summed E-state index contributed by atoms with van der Waals surface area (Å²) in [5, 5.41) is 0. The second-order valence-electron chi connectivity index (χ2n) is 6.52. The van der Waals surface area contributed by atoms with Gasteiger partial charge >= 0.3 is 5.97 Å². The number of carbonyl (C=O) groups excluding carboxylic acids is 1. The third-order valence-electron chi connectivity index (χ3n) is 3.35. The van der Waals surface area contributed by atoms with Crippen molar-refractivity contribution in [1.29, 1.82) is 0 Å². The van der Waals surface area contributed by atoms with E-state index in [-0.39, 0.29) is 12.0 Å². The standard InChI is InChI=1S/C16H23NO4S/c1-16(2,3)21-15(18)11-7-8-13-12-17(13)22(19,20)14-9-5-4-6-10-14/h4-6,9-10,13H,7-8,11-12H2,1-3H3/t13-,17?/m0/s1. The molecule has 0 aromatic heterocycles. The Bertz CT molecular complexity index is 619. The van der Waals surface area contributed by atoms with Gasteiger partial charge in [0.1, 0.15) is 5.60 Å². The fraction of sp³-hybridized carbons (Fsp3) is 0.562. The first kappa shape index (κ1) is 17.0. The molecule has 1 fully saturated rings. The minimum absolute atomic E-state index is 0.00708. The minimum Gasteiger partial charge on any atom is -0.460 e. The number of carbonyl (C=O) groups is 1. The molecule has 1 aliphatic heterocycles. The molecule has 0 amide bonds. The Labute approximate surface area is 132 Å². The Balaban J connectivity index is 1.78. The molecular formula is C16H23NO4S. The number of nitrogens with zero attached hydrogens (tertiary/aromatic N) is 1. The summed E-state index contributed by atoms with van der Waals surface area (Å²) in [6.07, 6.45) is 1.65. The van der Waals surface area contributed by atoms with E-state index in [2.05, 4.69) is 0 Å². The van der Waals surface area contributed by atoms with Crippen LogP contribution in [0.3, 0.4) is 0 Å². The van der Waals surface area contributed by atoms with Crippen molar-refractivity contribution >= 4 is 16.0 Å². The lowest BCUT2D eigenvalue weighted by molar-refractivity contribution is -0.154. The molecule has 1 aromatic carbocycles. The molecule has 1 aromatic rings. The Morgan fingerprint density at radius 1 is 1.27 bits per heavy atom. The maximum atomic E-state index is 12.3. The van der Waals surface area contributed by atoms with Crippen molar-refractivity contribution in [1.82, 2.24) is 4.31 Å². The van der Waals surface area contributed by atoms with E-state index in [1.165, 1.54) is 4.31 Å². The van der Waals surface area contributed by atoms with Crippen molar-refractivity contribution in [3.8, 4) is 0 Å². The van der Waals surface area contributed by atoms with E-state index in [1.54, 1.807) is 30.3 Å². The smallest absolute Gasteiger partial charge is 0.306 e. The predicted octanol–water partition coefficient (Wildman–Crippen LogP) is 2.57. The van der Waals surface area contributed by atoms with Crippen LogP contribution in [0.15, 0.2) is 35.2 Å². The molecule has 1 aliphatic rings. The van der Waals surface area contributed by atoms with E-state index in [0.717, 1.165) is 0 Å². The van der Waals surface area contributed by atoms with E-state index in [1.807, 2.05) is 20.8 Å². The molecule has 0 aliphatic carbocycles. The molecule has 2 rings (SSSR count). The molecule has 1 unspecified atom stereocenters. The van der Waals surface area contributed by atoms with Crippen LogP contribution in [0.25, 0.3) is 0 Å². The second-order valence-corrected chi connectivity index (χ2v) is 8.41. The van der Waals surface area contributed by atoms with Crippen molar-refractivity contribution in [3.05, 3.63) is 30.3 Å². The molecule has 0 radical (unpaired) electrons. The van der Waals surface area contributed by atoms with Crippen molar-refractivity contribution in [2.45, 2.75) is 56.6 Å². The number of ether oxygens (including phenoxy) is 1. The van der Waals surface area contributed by atoms with Gasteiger partial charge in [-0.2, -0.15) is 4.31 Å².